The zero-order chi connectivity index (χ0) is 30.2. The highest BCUT2D eigenvalue weighted by molar-refractivity contribution is 6.09. The van der Waals surface area contributed by atoms with E-state index in [1.807, 2.05) is 25.1 Å². The molecular formula is C32H29N7O4. The topological polar surface area (TPSA) is 150 Å². The van der Waals surface area contributed by atoms with Crippen LogP contribution in [-0.4, -0.2) is 55.3 Å². The van der Waals surface area contributed by atoms with E-state index in [-0.39, 0.29) is 52.9 Å². The van der Waals surface area contributed by atoms with Crippen LogP contribution in [0, 0.1) is 24.2 Å². The minimum atomic E-state index is -0.610. The van der Waals surface area contributed by atoms with Gasteiger partial charge in [-0.3, -0.25) is 23.9 Å². The molecule has 2 aromatic heterocycles. The number of anilines is 2. The Labute approximate surface area is 247 Å². The molecule has 43 heavy (non-hydrogen) atoms. The molecule has 3 heterocycles. The van der Waals surface area contributed by atoms with Gasteiger partial charge in [-0.1, -0.05) is 18.2 Å². The molecule has 1 aliphatic heterocycles. The lowest BCUT2D eigenvalue weighted by Gasteiger charge is -2.34. The Bertz CT molecular complexity index is 1840. The molecule has 2 bridgehead atoms. The molecule has 2 fully saturated rings. The maximum absolute atomic E-state index is 13.8. The zero-order valence-corrected chi connectivity index (χ0v) is 23.7. The number of aromatic nitrogens is 3. The number of nitrogens with zero attached hydrogens (tertiary/aromatic N) is 5. The summed E-state index contributed by atoms with van der Waals surface area (Å²) in [6.45, 7) is 3.08. The van der Waals surface area contributed by atoms with Gasteiger partial charge in [-0.25, -0.2) is 4.98 Å². The third kappa shape index (κ3) is 5.23. The third-order valence-corrected chi connectivity index (χ3v) is 8.20. The Morgan fingerprint density at radius 1 is 1.02 bits per heavy atom. The number of fused-ring (bicyclic) bond motifs is 3. The van der Waals surface area contributed by atoms with E-state index >= 15 is 0 Å². The summed E-state index contributed by atoms with van der Waals surface area (Å²) in [4.78, 5) is 58.7. The number of amides is 3. The number of pyridine rings is 1. The molecule has 4 aromatic rings. The number of piperidine rings is 1. The number of aryl methyl sites for hydroxylation is 1. The van der Waals surface area contributed by atoms with Crippen molar-refractivity contribution in [2.24, 2.45) is 5.92 Å². The second-order valence-corrected chi connectivity index (χ2v) is 11.0. The smallest absolute Gasteiger partial charge is 0.257 e. The van der Waals surface area contributed by atoms with Crippen LogP contribution >= 0.6 is 0 Å². The van der Waals surface area contributed by atoms with E-state index in [4.69, 9.17) is 0 Å². The Morgan fingerprint density at radius 2 is 1.84 bits per heavy atom. The van der Waals surface area contributed by atoms with Crippen LogP contribution in [0.2, 0.25) is 0 Å². The van der Waals surface area contributed by atoms with E-state index in [1.54, 1.807) is 53.4 Å². The molecule has 2 aliphatic rings. The largest absolute Gasteiger partial charge is 0.326 e. The van der Waals surface area contributed by atoms with Gasteiger partial charge in [0.05, 0.1) is 22.7 Å². The molecule has 2 aromatic carbocycles. The first kappa shape index (κ1) is 27.8. The summed E-state index contributed by atoms with van der Waals surface area (Å²) in [6.07, 6.45) is 2.47. The van der Waals surface area contributed by atoms with Crippen molar-refractivity contribution in [1.29, 1.82) is 5.26 Å². The van der Waals surface area contributed by atoms with Crippen LogP contribution in [0.25, 0.3) is 10.9 Å². The molecule has 2 N–H and O–H groups in total. The van der Waals surface area contributed by atoms with Crippen LogP contribution in [0.5, 0.6) is 0 Å². The van der Waals surface area contributed by atoms with Crippen molar-refractivity contribution >= 4 is 45.9 Å². The minimum Gasteiger partial charge on any atom is -0.326 e. The van der Waals surface area contributed by atoms with Gasteiger partial charge in [0.25, 0.3) is 5.91 Å². The maximum atomic E-state index is 13.8. The summed E-state index contributed by atoms with van der Waals surface area (Å²) in [6, 6.07) is 18.2. The molecule has 1 saturated heterocycles. The van der Waals surface area contributed by atoms with Gasteiger partial charge in [-0.05, 0) is 74.6 Å². The van der Waals surface area contributed by atoms with Gasteiger partial charge in [-0.2, -0.15) is 10.4 Å². The fraction of sp³-hybridized carbons (Fsp3) is 0.281. The summed E-state index contributed by atoms with van der Waals surface area (Å²) < 4.78 is 1.48. The number of rotatable bonds is 7. The molecule has 3 amide bonds. The lowest BCUT2D eigenvalue weighted by Crippen LogP contribution is -2.52. The molecule has 11 nitrogen and oxygen atoms in total. The van der Waals surface area contributed by atoms with Crippen molar-refractivity contribution in [2.75, 3.05) is 10.6 Å². The monoisotopic (exact) mass is 575 g/mol. The van der Waals surface area contributed by atoms with Crippen LogP contribution in [0.4, 0.5) is 11.5 Å². The number of carbonyl (C=O) groups is 4. The number of likely N-dealkylation sites (tertiary alicyclic amines) is 1. The molecule has 3 atom stereocenters. The average Bonchev–Trinajstić information content (AvgIpc) is 3.71. The molecule has 6 rings (SSSR count). The van der Waals surface area contributed by atoms with Crippen molar-refractivity contribution in [3.05, 3.63) is 83.2 Å². The Hall–Kier alpha value is -5.37. The minimum absolute atomic E-state index is 0.0362. The number of hydrogen-bond acceptors (Lipinski definition) is 7. The number of nitriles is 1. The van der Waals surface area contributed by atoms with Gasteiger partial charge in [0.1, 0.15) is 24.1 Å². The number of benzene rings is 2. The quantitative estimate of drug-likeness (QED) is 0.315. The highest BCUT2D eigenvalue weighted by atomic mass is 16.2. The number of carbonyl (C=O) groups excluding carboxylic acids is 4. The van der Waals surface area contributed by atoms with Crippen LogP contribution in [0.1, 0.15) is 58.3 Å². The highest BCUT2D eigenvalue weighted by Crippen LogP contribution is 2.43. The lowest BCUT2D eigenvalue weighted by molar-refractivity contribution is -0.141. The van der Waals surface area contributed by atoms with Crippen molar-refractivity contribution < 1.29 is 19.2 Å². The van der Waals surface area contributed by atoms with E-state index in [1.165, 1.54) is 11.6 Å². The first-order valence-electron chi connectivity index (χ1n) is 14.1. The molecule has 11 heteroatoms. The fourth-order valence-corrected chi connectivity index (χ4v) is 6.32. The fourth-order valence-electron chi connectivity index (χ4n) is 6.32. The highest BCUT2D eigenvalue weighted by Gasteiger charge is 2.51. The number of ketones is 1. The first-order valence-corrected chi connectivity index (χ1v) is 14.1. The summed E-state index contributed by atoms with van der Waals surface area (Å²) in [5.74, 6) is -0.752. The van der Waals surface area contributed by atoms with Gasteiger partial charge in [-0.15, -0.1) is 0 Å². The Morgan fingerprint density at radius 3 is 2.60 bits per heavy atom. The van der Waals surface area contributed by atoms with Crippen LogP contribution < -0.4 is 10.6 Å². The molecule has 0 radical (unpaired) electrons. The van der Waals surface area contributed by atoms with Crippen LogP contribution in [0.3, 0.4) is 0 Å². The number of nitrogens with one attached hydrogen (secondary N) is 2. The zero-order valence-electron chi connectivity index (χ0n) is 23.7. The van der Waals surface area contributed by atoms with Crippen LogP contribution in [-0.2, 0) is 16.1 Å². The van der Waals surface area contributed by atoms with E-state index < -0.39 is 11.9 Å². The second-order valence-electron chi connectivity index (χ2n) is 11.0. The van der Waals surface area contributed by atoms with Gasteiger partial charge in [0, 0.05) is 29.7 Å². The van der Waals surface area contributed by atoms with E-state index in [0.717, 1.165) is 25.0 Å². The average molecular weight is 576 g/mol. The normalized spacial score (nSPS) is 18.8. The van der Waals surface area contributed by atoms with Crippen LogP contribution in [0.15, 0.2) is 60.7 Å². The lowest BCUT2D eigenvalue weighted by atomic mass is 9.97. The van der Waals surface area contributed by atoms with Gasteiger partial charge >= 0.3 is 0 Å². The summed E-state index contributed by atoms with van der Waals surface area (Å²) in [5.41, 5.74) is 2.38. The SMILES string of the molecule is CC(=O)c1nn(CC(=O)N2[C@@H]3CC[C@@H](C3)[C@H]2C(=O)Nc2cccc(C)n2)c2ccc(NC(=O)c3ccccc3C#N)cc12. The van der Waals surface area contributed by atoms with Crippen molar-refractivity contribution in [2.45, 2.75) is 51.7 Å². The van der Waals surface area contributed by atoms with E-state index in [9.17, 15) is 24.4 Å². The molecule has 1 saturated carbocycles. The second kappa shape index (κ2) is 11.1. The standard InChI is InChI=1S/C32H29N7O4/c1-18-6-5-9-27(34-18)36-32(43)30-20-10-12-23(14-20)39(30)28(41)17-38-26-13-11-22(15-25(26)29(37-38)19(2)40)35-31(42)24-8-4-3-7-21(24)16-33/h3-9,11,13,15,20,23,30H,10,12,14,17H2,1-2H3,(H,35,42)(H,34,36,43)/t20-,23+,30-/m0/s1. The van der Waals surface area contributed by atoms with E-state index in [2.05, 4.69) is 20.7 Å². The molecular weight excluding hydrogens is 546 g/mol. The Balaban J connectivity index is 1.25. The molecule has 0 spiro atoms. The summed E-state index contributed by atoms with van der Waals surface area (Å²) in [5, 5.41) is 20.0. The van der Waals surface area contributed by atoms with Crippen molar-refractivity contribution in [3.63, 3.8) is 0 Å². The Kier molecular flexibility index (Phi) is 7.19. The van der Waals surface area contributed by atoms with Crippen molar-refractivity contribution in [3.8, 4) is 6.07 Å². The van der Waals surface area contributed by atoms with Gasteiger partial charge in [0.2, 0.25) is 11.8 Å². The number of hydrogen-bond donors (Lipinski definition) is 2. The van der Waals surface area contributed by atoms with Crippen molar-refractivity contribution in [1.82, 2.24) is 19.7 Å². The molecule has 1 aliphatic carbocycles. The summed E-state index contributed by atoms with van der Waals surface area (Å²) >= 11 is 0. The van der Waals surface area contributed by atoms with Gasteiger partial charge in [0.15, 0.2) is 5.78 Å². The maximum Gasteiger partial charge on any atom is 0.257 e. The predicted octanol–water partition coefficient (Wildman–Crippen LogP) is 4.08. The summed E-state index contributed by atoms with van der Waals surface area (Å²) in [7, 11) is 0. The van der Waals surface area contributed by atoms with Gasteiger partial charge < -0.3 is 15.5 Å². The number of Topliss-reactive ketones (excluding diaryl/α,β-unsaturated/α-hetero) is 1. The third-order valence-electron chi connectivity index (χ3n) is 8.20. The molecule has 0 unspecified atom stereocenters. The predicted molar refractivity (Wildman–Crippen MR) is 158 cm³/mol. The molecule has 216 valence electrons. The van der Waals surface area contributed by atoms with E-state index in [0.29, 0.717) is 22.4 Å². The first-order chi connectivity index (χ1) is 20.7.